The normalized spacial score (nSPS) is 10.8. The van der Waals surface area contributed by atoms with Gasteiger partial charge in [0.25, 0.3) is 0 Å². The van der Waals surface area contributed by atoms with Crippen molar-refractivity contribution < 1.29 is 23.6 Å². The van der Waals surface area contributed by atoms with Crippen molar-refractivity contribution in [3.63, 3.8) is 0 Å². The molecule has 0 unspecified atom stereocenters. The Morgan fingerprint density at radius 3 is 2.54 bits per heavy atom. The van der Waals surface area contributed by atoms with Gasteiger partial charge in [0.1, 0.15) is 17.1 Å². The van der Waals surface area contributed by atoms with E-state index in [1.165, 1.54) is 39.4 Å². The summed E-state index contributed by atoms with van der Waals surface area (Å²) in [7, 11) is 2.76. The first-order chi connectivity index (χ1) is 12.4. The lowest BCUT2D eigenvalue weighted by Gasteiger charge is -2.17. The van der Waals surface area contributed by atoms with Crippen molar-refractivity contribution in [1.82, 2.24) is 0 Å². The van der Waals surface area contributed by atoms with Crippen LogP contribution < -0.4 is 15.4 Å². The Labute approximate surface area is 150 Å². The predicted octanol–water partition coefficient (Wildman–Crippen LogP) is 2.77. The van der Waals surface area contributed by atoms with Crippen molar-refractivity contribution in [1.29, 1.82) is 0 Å². The summed E-state index contributed by atoms with van der Waals surface area (Å²) in [6, 6.07) is 8.31. The molecular weight excluding hydrogens is 338 g/mol. The molecule has 7 heteroatoms. The Morgan fingerprint density at radius 2 is 1.92 bits per heavy atom. The molecule has 2 rings (SSSR count). The van der Waals surface area contributed by atoms with E-state index in [0.29, 0.717) is 17.0 Å². The van der Waals surface area contributed by atoms with Crippen LogP contribution >= 0.6 is 0 Å². The minimum atomic E-state index is -0.757. The fourth-order valence-corrected chi connectivity index (χ4v) is 2.39. The molecule has 1 amide bonds. The lowest BCUT2D eigenvalue weighted by Crippen LogP contribution is -2.26. The van der Waals surface area contributed by atoms with Crippen LogP contribution in [0.2, 0.25) is 0 Å². The first kappa shape index (κ1) is 19.1. The molecule has 0 fully saturated rings. The maximum atomic E-state index is 12.4. The summed E-state index contributed by atoms with van der Waals surface area (Å²) in [5, 5.41) is 1.12. The van der Waals surface area contributed by atoms with Gasteiger partial charge in [-0.3, -0.25) is 14.4 Å². The number of rotatable bonds is 6. The average molecular weight is 357 g/mol. The SMILES string of the molecule is COc1cc(C)oc(=O)c1C(=O)/C=C/c1cccc(N(OC)C(C)=O)c1. The topological polar surface area (TPSA) is 86.1 Å². The fourth-order valence-electron chi connectivity index (χ4n) is 2.39. The molecule has 1 aromatic carbocycles. The van der Waals surface area contributed by atoms with Crippen LogP contribution in [0.15, 0.2) is 45.6 Å². The number of amides is 1. The number of benzene rings is 1. The molecule has 0 aliphatic rings. The zero-order chi connectivity index (χ0) is 19.3. The van der Waals surface area contributed by atoms with Gasteiger partial charge in [0, 0.05) is 13.0 Å². The van der Waals surface area contributed by atoms with Crippen LogP contribution in [0.3, 0.4) is 0 Å². The number of hydrogen-bond donors (Lipinski definition) is 0. The van der Waals surface area contributed by atoms with Crippen molar-refractivity contribution in [2.45, 2.75) is 13.8 Å². The number of hydrogen-bond acceptors (Lipinski definition) is 6. The molecule has 0 aliphatic carbocycles. The number of aryl methyl sites for hydroxylation is 1. The second-order valence-corrected chi connectivity index (χ2v) is 5.38. The molecule has 1 heterocycles. The zero-order valence-electron chi connectivity index (χ0n) is 14.9. The van der Waals surface area contributed by atoms with E-state index in [-0.39, 0.29) is 17.2 Å². The van der Waals surface area contributed by atoms with Crippen molar-refractivity contribution in [3.8, 4) is 5.75 Å². The second kappa shape index (κ2) is 8.26. The van der Waals surface area contributed by atoms with Crippen LogP contribution in [0.1, 0.15) is 28.6 Å². The van der Waals surface area contributed by atoms with Gasteiger partial charge in [0.2, 0.25) is 5.91 Å². The minimum Gasteiger partial charge on any atom is -0.496 e. The molecule has 1 aromatic heterocycles. The number of carbonyl (C=O) groups excluding carboxylic acids is 2. The summed E-state index contributed by atoms with van der Waals surface area (Å²) >= 11 is 0. The molecule has 26 heavy (non-hydrogen) atoms. The van der Waals surface area contributed by atoms with E-state index in [2.05, 4.69) is 0 Å². The van der Waals surface area contributed by atoms with Gasteiger partial charge in [0.15, 0.2) is 5.78 Å². The van der Waals surface area contributed by atoms with Crippen LogP contribution in [0.4, 0.5) is 5.69 Å². The van der Waals surface area contributed by atoms with E-state index in [1.807, 2.05) is 0 Å². The highest BCUT2D eigenvalue weighted by atomic mass is 16.7. The number of ketones is 1. The summed E-state index contributed by atoms with van der Waals surface area (Å²) in [4.78, 5) is 40.9. The van der Waals surface area contributed by atoms with Gasteiger partial charge in [-0.2, -0.15) is 5.06 Å². The minimum absolute atomic E-state index is 0.157. The van der Waals surface area contributed by atoms with Gasteiger partial charge < -0.3 is 9.15 Å². The molecule has 0 spiro atoms. The van der Waals surface area contributed by atoms with E-state index in [0.717, 1.165) is 5.06 Å². The van der Waals surface area contributed by atoms with Gasteiger partial charge in [-0.05, 0) is 30.7 Å². The largest absolute Gasteiger partial charge is 0.496 e. The Hall–Kier alpha value is -3.19. The molecule has 0 saturated carbocycles. The summed E-state index contributed by atoms with van der Waals surface area (Å²) in [5.41, 5.74) is 0.233. The van der Waals surface area contributed by atoms with E-state index in [1.54, 1.807) is 31.2 Å². The van der Waals surface area contributed by atoms with Crippen molar-refractivity contribution in [3.05, 3.63) is 63.7 Å². The summed E-state index contributed by atoms with van der Waals surface area (Å²) < 4.78 is 10.1. The summed E-state index contributed by atoms with van der Waals surface area (Å²) in [6.07, 6.45) is 2.77. The standard InChI is InChI=1S/C19H19NO6/c1-12-10-17(24-3)18(19(23)26-12)16(22)9-8-14-6-5-7-15(11-14)20(25-4)13(2)21/h5-11H,1-4H3/b9-8+. The van der Waals surface area contributed by atoms with Gasteiger partial charge in [-0.1, -0.05) is 18.2 Å². The molecule has 7 nitrogen and oxygen atoms in total. The van der Waals surface area contributed by atoms with Crippen LogP contribution in [0, 0.1) is 6.92 Å². The van der Waals surface area contributed by atoms with Crippen LogP contribution in [0.5, 0.6) is 5.75 Å². The van der Waals surface area contributed by atoms with Crippen LogP contribution in [-0.4, -0.2) is 25.9 Å². The van der Waals surface area contributed by atoms with Crippen molar-refractivity contribution in [2.75, 3.05) is 19.3 Å². The number of hydroxylamine groups is 1. The molecule has 0 atom stereocenters. The average Bonchev–Trinajstić information content (AvgIpc) is 2.59. The molecular formula is C19H19NO6. The molecule has 136 valence electrons. The highest BCUT2D eigenvalue weighted by Crippen LogP contribution is 2.20. The summed E-state index contributed by atoms with van der Waals surface area (Å²) in [6.45, 7) is 2.97. The first-order valence-electron chi connectivity index (χ1n) is 7.73. The molecule has 0 aliphatic heterocycles. The number of allylic oxidation sites excluding steroid dienone is 1. The second-order valence-electron chi connectivity index (χ2n) is 5.38. The van der Waals surface area contributed by atoms with Crippen molar-refractivity contribution in [2.24, 2.45) is 0 Å². The van der Waals surface area contributed by atoms with E-state index in [9.17, 15) is 14.4 Å². The molecule has 0 radical (unpaired) electrons. The van der Waals surface area contributed by atoms with E-state index >= 15 is 0 Å². The number of nitrogens with zero attached hydrogens (tertiary/aromatic N) is 1. The Kier molecular flexibility index (Phi) is 6.08. The Bertz CT molecular complexity index is 912. The number of carbonyl (C=O) groups is 2. The number of ether oxygens (including phenoxy) is 1. The van der Waals surface area contributed by atoms with Gasteiger partial charge in [0.05, 0.1) is 19.9 Å². The highest BCUT2D eigenvalue weighted by molar-refractivity contribution is 6.08. The van der Waals surface area contributed by atoms with Crippen LogP contribution in [0.25, 0.3) is 6.08 Å². The van der Waals surface area contributed by atoms with E-state index < -0.39 is 11.4 Å². The molecule has 0 saturated heterocycles. The number of methoxy groups -OCH3 is 1. The van der Waals surface area contributed by atoms with Crippen molar-refractivity contribution >= 4 is 23.5 Å². The van der Waals surface area contributed by atoms with Gasteiger partial charge in [-0.15, -0.1) is 0 Å². The lowest BCUT2D eigenvalue weighted by molar-refractivity contribution is -0.122. The molecule has 2 aromatic rings. The third kappa shape index (κ3) is 4.25. The molecule has 0 bridgehead atoms. The third-order valence-electron chi connectivity index (χ3n) is 3.51. The van der Waals surface area contributed by atoms with E-state index in [4.69, 9.17) is 14.0 Å². The number of anilines is 1. The fraction of sp³-hybridized carbons (Fsp3) is 0.211. The maximum absolute atomic E-state index is 12.4. The first-order valence-corrected chi connectivity index (χ1v) is 7.73. The van der Waals surface area contributed by atoms with Gasteiger partial charge >= 0.3 is 5.63 Å². The molecule has 0 N–H and O–H groups in total. The summed E-state index contributed by atoms with van der Waals surface area (Å²) in [5.74, 6) is -0.323. The Balaban J connectivity index is 2.32. The zero-order valence-corrected chi connectivity index (χ0v) is 14.9. The lowest BCUT2D eigenvalue weighted by atomic mass is 10.1. The predicted molar refractivity (Wildman–Crippen MR) is 96.2 cm³/mol. The quantitative estimate of drug-likeness (QED) is 0.449. The smallest absolute Gasteiger partial charge is 0.351 e. The Morgan fingerprint density at radius 1 is 1.19 bits per heavy atom. The third-order valence-corrected chi connectivity index (χ3v) is 3.51. The maximum Gasteiger partial charge on any atom is 0.351 e. The highest BCUT2D eigenvalue weighted by Gasteiger charge is 2.17. The van der Waals surface area contributed by atoms with Crippen LogP contribution in [-0.2, 0) is 9.63 Å². The monoisotopic (exact) mass is 357 g/mol. The van der Waals surface area contributed by atoms with Gasteiger partial charge in [-0.25, -0.2) is 4.79 Å².